The molecule has 0 aliphatic carbocycles. The maximum atomic E-state index is 13.3. The molecule has 7 nitrogen and oxygen atoms in total. The van der Waals surface area contributed by atoms with Gasteiger partial charge in [-0.25, -0.2) is 22.8 Å². The van der Waals surface area contributed by atoms with Crippen LogP contribution in [-0.2, 0) is 0 Å². The van der Waals surface area contributed by atoms with Crippen LogP contribution in [0.1, 0.15) is 17.8 Å². The normalized spacial score (nSPS) is 12.0. The Hall–Kier alpha value is -3.56. The minimum absolute atomic E-state index is 0.0380. The lowest BCUT2D eigenvalue weighted by molar-refractivity contribution is 0.146. The van der Waals surface area contributed by atoms with Gasteiger partial charge < -0.3 is 17.4 Å². The molecule has 0 aliphatic rings. The molecule has 0 saturated carbocycles. The molecule has 3 aromatic rings. The fourth-order valence-corrected chi connectivity index (χ4v) is 2.72. The van der Waals surface area contributed by atoms with Gasteiger partial charge in [-0.15, -0.1) is 0 Å². The number of nitrogens with zero attached hydrogens (tertiary/aromatic N) is 4. The van der Waals surface area contributed by atoms with E-state index in [0.29, 0.717) is 16.8 Å². The predicted octanol–water partition coefficient (Wildman–Crippen LogP) is 2.07. The van der Waals surface area contributed by atoms with Crippen LogP contribution in [0.4, 0.5) is 19.0 Å². The Kier molecular flexibility index (Phi) is 4.72. The van der Waals surface area contributed by atoms with Crippen molar-refractivity contribution in [3.8, 4) is 22.5 Å². The largest absolute Gasteiger partial charge is 0.380 e. The predicted molar refractivity (Wildman–Crippen MR) is 94.9 cm³/mol. The molecule has 140 valence electrons. The van der Waals surface area contributed by atoms with Gasteiger partial charge in [0.2, 0.25) is 5.49 Å². The van der Waals surface area contributed by atoms with Crippen molar-refractivity contribution >= 4 is 5.82 Å². The number of anilines is 1. The number of halogens is 3. The van der Waals surface area contributed by atoms with Crippen molar-refractivity contribution in [2.75, 3.05) is 11.6 Å². The van der Waals surface area contributed by atoms with Crippen molar-refractivity contribution in [2.45, 2.75) is 13.3 Å². The van der Waals surface area contributed by atoms with E-state index in [0.717, 1.165) is 4.68 Å². The number of hydrogen-bond acceptors (Lipinski definition) is 6. The highest BCUT2D eigenvalue weighted by Gasteiger charge is 2.19. The molecule has 3 rings (SSSR count). The molecular weight excluding hydrogens is 359 g/mol. The number of nitrogen functional groups attached to an aromatic ring is 2. The molecule has 0 spiro atoms. The van der Waals surface area contributed by atoms with Crippen LogP contribution in [-0.4, -0.2) is 14.6 Å². The van der Waals surface area contributed by atoms with Gasteiger partial charge in [-0.05, 0) is 43.3 Å². The Labute approximate surface area is 151 Å². The molecule has 0 fully saturated rings. The topological polar surface area (TPSA) is 121 Å². The van der Waals surface area contributed by atoms with Crippen LogP contribution in [0.2, 0.25) is 0 Å². The van der Waals surface area contributed by atoms with E-state index >= 15 is 0 Å². The molecule has 0 bridgehead atoms. The van der Waals surface area contributed by atoms with Crippen molar-refractivity contribution in [2.24, 2.45) is 10.9 Å². The Bertz CT molecular complexity index is 1060. The van der Waals surface area contributed by atoms with Gasteiger partial charge in [-0.3, -0.25) is 4.98 Å². The lowest BCUT2D eigenvalue weighted by Gasteiger charge is -2.16. The summed E-state index contributed by atoms with van der Waals surface area (Å²) in [5.41, 5.74) is 7.05. The van der Waals surface area contributed by atoms with Gasteiger partial charge >= 0.3 is 0 Å². The Morgan fingerprint density at radius 3 is 2.33 bits per heavy atom. The van der Waals surface area contributed by atoms with E-state index in [-0.39, 0.29) is 22.7 Å². The quantitative estimate of drug-likeness (QED) is 0.478. The minimum Gasteiger partial charge on any atom is -0.380 e. The van der Waals surface area contributed by atoms with E-state index < -0.39 is 17.9 Å². The van der Waals surface area contributed by atoms with Gasteiger partial charge in [0.05, 0.1) is 11.4 Å². The van der Waals surface area contributed by atoms with Crippen LogP contribution in [0, 0.1) is 12.7 Å². The summed E-state index contributed by atoms with van der Waals surface area (Å²) < 4.78 is 40.8. The molecule has 2 aromatic heterocycles. The first-order chi connectivity index (χ1) is 12.8. The fourth-order valence-electron chi connectivity index (χ4n) is 2.72. The third-order valence-corrected chi connectivity index (χ3v) is 3.86. The molecule has 1 aromatic carbocycles. The van der Waals surface area contributed by atoms with E-state index in [1.807, 2.05) is 0 Å². The van der Waals surface area contributed by atoms with Crippen molar-refractivity contribution in [1.29, 1.82) is 0 Å². The molecule has 0 radical (unpaired) electrons. The summed E-state index contributed by atoms with van der Waals surface area (Å²) >= 11 is 0. The monoisotopic (exact) mass is 375 g/mol. The maximum absolute atomic E-state index is 13.3. The van der Waals surface area contributed by atoms with Crippen LogP contribution in [0.5, 0.6) is 0 Å². The molecule has 0 aliphatic heterocycles. The maximum Gasteiger partial charge on any atom is 0.280 e. The molecule has 0 saturated heterocycles. The Morgan fingerprint density at radius 2 is 1.74 bits per heavy atom. The van der Waals surface area contributed by atoms with Crippen LogP contribution < -0.4 is 22.9 Å². The van der Waals surface area contributed by atoms with E-state index in [1.165, 1.54) is 30.3 Å². The second-order valence-electron chi connectivity index (χ2n) is 5.75. The number of hydrogen-bond donors (Lipinski definition) is 3. The van der Waals surface area contributed by atoms with Gasteiger partial charge in [-0.1, -0.05) is 0 Å². The standard InChI is InChI=1S/C17H16F3N7/c1-8-6-10(7-12(24-8)15(19)20)14-13(9-2-4-11(18)5-3-9)25-16(21)17(26-22)27(14)23/h2-7,15H,22-23H2,1H3,(H2,21,25)/b26-17-. The lowest BCUT2D eigenvalue weighted by Crippen LogP contribution is -2.34. The number of aromatic nitrogens is 3. The zero-order valence-electron chi connectivity index (χ0n) is 14.2. The zero-order chi connectivity index (χ0) is 19.7. The van der Waals surface area contributed by atoms with Gasteiger partial charge in [0.25, 0.3) is 6.43 Å². The average Bonchev–Trinajstić information content (AvgIpc) is 2.61. The zero-order valence-corrected chi connectivity index (χ0v) is 14.2. The number of rotatable bonds is 3. The highest BCUT2D eigenvalue weighted by atomic mass is 19.3. The van der Waals surface area contributed by atoms with Crippen molar-refractivity contribution < 1.29 is 13.2 Å². The van der Waals surface area contributed by atoms with Gasteiger partial charge in [0, 0.05) is 16.8 Å². The second-order valence-corrected chi connectivity index (χ2v) is 5.75. The van der Waals surface area contributed by atoms with E-state index in [4.69, 9.17) is 17.4 Å². The van der Waals surface area contributed by atoms with E-state index in [1.54, 1.807) is 13.0 Å². The third-order valence-electron chi connectivity index (χ3n) is 3.86. The number of nitrogens with two attached hydrogens (primary N) is 3. The molecule has 0 unspecified atom stereocenters. The van der Waals surface area contributed by atoms with Crippen LogP contribution in [0.15, 0.2) is 41.5 Å². The van der Waals surface area contributed by atoms with E-state index in [9.17, 15) is 13.2 Å². The fraction of sp³-hybridized carbons (Fsp3) is 0.118. The van der Waals surface area contributed by atoms with Crippen LogP contribution in [0.25, 0.3) is 22.5 Å². The molecule has 0 atom stereocenters. The summed E-state index contributed by atoms with van der Waals surface area (Å²) in [6.45, 7) is 1.58. The van der Waals surface area contributed by atoms with Gasteiger partial charge in [0.1, 0.15) is 11.5 Å². The molecule has 10 heteroatoms. The van der Waals surface area contributed by atoms with E-state index in [2.05, 4.69) is 15.1 Å². The number of alkyl halides is 2. The SMILES string of the molecule is Cc1cc(-c2c(-c3ccc(F)cc3)nc(N)/c(=N/N)n2N)cc(C(F)F)n1. The van der Waals surface area contributed by atoms with Crippen molar-refractivity contribution in [3.05, 3.63) is 59.1 Å². The van der Waals surface area contributed by atoms with Crippen LogP contribution in [0.3, 0.4) is 0 Å². The summed E-state index contributed by atoms with van der Waals surface area (Å²) in [6, 6.07) is 8.18. The van der Waals surface area contributed by atoms with Crippen molar-refractivity contribution in [1.82, 2.24) is 14.6 Å². The summed E-state index contributed by atoms with van der Waals surface area (Å²) in [4.78, 5) is 8.08. The molecule has 0 amide bonds. The molecule has 6 N–H and O–H groups in total. The first kappa shape index (κ1) is 18.2. The summed E-state index contributed by atoms with van der Waals surface area (Å²) in [5, 5.41) is 3.51. The molecular formula is C17H16F3N7. The highest BCUT2D eigenvalue weighted by molar-refractivity contribution is 5.79. The first-order valence-electron chi connectivity index (χ1n) is 7.76. The number of benzene rings is 1. The molecule has 2 heterocycles. The lowest BCUT2D eigenvalue weighted by atomic mass is 10.0. The molecule has 27 heavy (non-hydrogen) atoms. The Morgan fingerprint density at radius 1 is 1.07 bits per heavy atom. The number of aryl methyl sites for hydroxylation is 1. The summed E-state index contributed by atoms with van der Waals surface area (Å²) in [7, 11) is 0. The summed E-state index contributed by atoms with van der Waals surface area (Å²) in [6.07, 6.45) is -2.77. The first-order valence-corrected chi connectivity index (χ1v) is 7.76. The average molecular weight is 375 g/mol. The number of pyridine rings is 1. The Balaban J connectivity index is 2.39. The third kappa shape index (κ3) is 3.41. The summed E-state index contributed by atoms with van der Waals surface area (Å²) in [5.74, 6) is 10.9. The smallest absolute Gasteiger partial charge is 0.280 e. The van der Waals surface area contributed by atoms with Gasteiger partial charge in [0.15, 0.2) is 5.82 Å². The van der Waals surface area contributed by atoms with Crippen LogP contribution >= 0.6 is 0 Å². The highest BCUT2D eigenvalue weighted by Crippen LogP contribution is 2.31. The van der Waals surface area contributed by atoms with Gasteiger partial charge in [-0.2, -0.15) is 5.10 Å². The minimum atomic E-state index is -2.77. The van der Waals surface area contributed by atoms with Crippen molar-refractivity contribution in [3.63, 3.8) is 0 Å². The second kappa shape index (κ2) is 6.98.